The molecule has 0 saturated carbocycles. The third-order valence-electron chi connectivity index (χ3n) is 9.01. The smallest absolute Gasteiger partial charge is 0.472 e. The number of esters is 2. The zero-order valence-corrected chi connectivity index (χ0v) is 33.8. The molecule has 0 radical (unpaired) electrons. The summed E-state index contributed by atoms with van der Waals surface area (Å²) in [5, 5.41) is 8.87. The van der Waals surface area contributed by atoms with E-state index >= 15 is 0 Å². The molecule has 11 nitrogen and oxygen atoms in total. The quantitative estimate of drug-likeness (QED) is 0.0235. The summed E-state index contributed by atoms with van der Waals surface area (Å²) in [4.78, 5) is 45.8. The summed E-state index contributed by atoms with van der Waals surface area (Å²) >= 11 is 0. The van der Waals surface area contributed by atoms with Gasteiger partial charge in [0, 0.05) is 12.8 Å². The zero-order valence-electron chi connectivity index (χ0n) is 32.9. The fourth-order valence-electron chi connectivity index (χ4n) is 5.71. The third-order valence-corrected chi connectivity index (χ3v) is 9.96. The number of phosphoric acid groups is 1. The zero-order chi connectivity index (χ0) is 38.5. The first kappa shape index (κ1) is 50.2. The number of hydrogen-bond acceptors (Lipinski definition) is 9. The maximum Gasteiger partial charge on any atom is 0.472 e. The van der Waals surface area contributed by atoms with E-state index in [1.807, 2.05) is 0 Å². The van der Waals surface area contributed by atoms with Crippen LogP contribution in [0.4, 0.5) is 0 Å². The maximum absolute atomic E-state index is 12.6. The van der Waals surface area contributed by atoms with Gasteiger partial charge in [-0.3, -0.25) is 23.4 Å². The van der Waals surface area contributed by atoms with Crippen molar-refractivity contribution in [2.75, 3.05) is 19.8 Å². The summed E-state index contributed by atoms with van der Waals surface area (Å²) in [5.74, 6) is -2.38. The van der Waals surface area contributed by atoms with Crippen molar-refractivity contribution in [2.45, 2.75) is 206 Å². The highest BCUT2D eigenvalue weighted by Gasteiger charge is 2.28. The van der Waals surface area contributed by atoms with Gasteiger partial charge in [0.2, 0.25) is 0 Å². The Morgan fingerprint density at radius 2 is 0.962 bits per heavy atom. The summed E-state index contributed by atoms with van der Waals surface area (Å²) in [6, 6.07) is -1.52. The Morgan fingerprint density at radius 3 is 1.40 bits per heavy atom. The fourth-order valence-corrected chi connectivity index (χ4v) is 6.48. The molecular weight excluding hydrogens is 685 g/mol. The lowest BCUT2D eigenvalue weighted by molar-refractivity contribution is -0.161. The van der Waals surface area contributed by atoms with Gasteiger partial charge in [-0.15, -0.1) is 0 Å². The largest absolute Gasteiger partial charge is 0.480 e. The van der Waals surface area contributed by atoms with Gasteiger partial charge in [-0.1, -0.05) is 154 Å². The van der Waals surface area contributed by atoms with Crippen LogP contribution < -0.4 is 5.73 Å². The molecule has 3 atom stereocenters. The Kier molecular flexibility index (Phi) is 35.0. The summed E-state index contributed by atoms with van der Waals surface area (Å²) in [5.41, 5.74) is 5.32. The van der Waals surface area contributed by atoms with E-state index in [1.54, 1.807) is 0 Å². The van der Waals surface area contributed by atoms with E-state index in [0.29, 0.717) is 12.8 Å². The van der Waals surface area contributed by atoms with Crippen molar-refractivity contribution in [1.29, 1.82) is 0 Å². The number of carbonyl (C=O) groups is 3. The molecule has 0 aromatic rings. The van der Waals surface area contributed by atoms with E-state index in [0.717, 1.165) is 57.8 Å². The van der Waals surface area contributed by atoms with Crippen molar-refractivity contribution in [3.8, 4) is 0 Å². The van der Waals surface area contributed by atoms with E-state index in [2.05, 4.69) is 30.5 Å². The molecular formula is C40H76NO10P. The summed E-state index contributed by atoms with van der Waals surface area (Å²) in [6.07, 6.45) is 34.2. The number of hydrogen-bond donors (Lipinski definition) is 3. The minimum absolute atomic E-state index is 0.155. The van der Waals surface area contributed by atoms with Gasteiger partial charge >= 0.3 is 25.7 Å². The topological polar surface area (TPSA) is 172 Å². The Hall–Kier alpha value is -1.78. The van der Waals surface area contributed by atoms with Crippen LogP contribution in [-0.4, -0.2) is 59.9 Å². The Labute approximate surface area is 316 Å². The van der Waals surface area contributed by atoms with Gasteiger partial charge in [0.1, 0.15) is 12.6 Å². The van der Waals surface area contributed by atoms with Gasteiger partial charge in [-0.25, -0.2) is 4.57 Å². The number of rotatable bonds is 39. The number of aliphatic carboxylic acids is 1. The van der Waals surface area contributed by atoms with Gasteiger partial charge < -0.3 is 25.2 Å². The second-order valence-corrected chi connectivity index (χ2v) is 15.6. The first-order valence-electron chi connectivity index (χ1n) is 20.7. The highest BCUT2D eigenvalue weighted by molar-refractivity contribution is 7.47. The van der Waals surface area contributed by atoms with Gasteiger partial charge in [0.05, 0.1) is 13.2 Å². The molecule has 0 aliphatic heterocycles. The summed E-state index contributed by atoms with van der Waals surface area (Å²) < 4.78 is 32.6. The molecule has 12 heteroatoms. The average molecular weight is 762 g/mol. The second-order valence-electron chi connectivity index (χ2n) is 14.1. The number of unbranched alkanes of at least 4 members (excludes halogenated alkanes) is 23. The Morgan fingerprint density at radius 1 is 0.577 bits per heavy atom. The van der Waals surface area contributed by atoms with Crippen LogP contribution in [0.3, 0.4) is 0 Å². The lowest BCUT2D eigenvalue weighted by Gasteiger charge is -2.20. The predicted octanol–water partition coefficient (Wildman–Crippen LogP) is 10.5. The van der Waals surface area contributed by atoms with E-state index < -0.39 is 51.1 Å². The van der Waals surface area contributed by atoms with Gasteiger partial charge in [0.15, 0.2) is 6.10 Å². The molecule has 3 unspecified atom stereocenters. The summed E-state index contributed by atoms with van der Waals surface area (Å²) in [7, 11) is -4.71. The molecule has 0 saturated heterocycles. The highest BCUT2D eigenvalue weighted by atomic mass is 31.2. The fraction of sp³-hybridized carbons (Fsp3) is 0.875. The molecule has 0 rings (SSSR count). The molecule has 0 fully saturated rings. The van der Waals surface area contributed by atoms with Gasteiger partial charge in [0.25, 0.3) is 0 Å². The average Bonchev–Trinajstić information content (AvgIpc) is 3.12. The van der Waals surface area contributed by atoms with Gasteiger partial charge in [-0.05, 0) is 38.5 Å². The van der Waals surface area contributed by atoms with Crippen LogP contribution >= 0.6 is 7.82 Å². The Bertz CT molecular complexity index is 947. The van der Waals surface area contributed by atoms with Crippen molar-refractivity contribution in [1.82, 2.24) is 0 Å². The van der Waals surface area contributed by atoms with E-state index in [9.17, 15) is 23.8 Å². The van der Waals surface area contributed by atoms with E-state index in [-0.39, 0.29) is 19.4 Å². The number of carboxylic acids is 1. The van der Waals surface area contributed by atoms with Crippen LogP contribution in [-0.2, 0) is 37.5 Å². The number of carbonyl (C=O) groups excluding carboxylic acids is 2. The van der Waals surface area contributed by atoms with Gasteiger partial charge in [-0.2, -0.15) is 0 Å². The first-order valence-corrected chi connectivity index (χ1v) is 22.2. The molecule has 0 amide bonds. The number of nitrogens with two attached hydrogens (primary N) is 1. The third kappa shape index (κ3) is 35.3. The van der Waals surface area contributed by atoms with E-state index in [4.69, 9.17) is 24.8 Å². The molecule has 0 aliphatic carbocycles. The normalized spacial score (nSPS) is 13.9. The van der Waals surface area contributed by atoms with Crippen molar-refractivity contribution >= 4 is 25.7 Å². The van der Waals surface area contributed by atoms with Crippen molar-refractivity contribution in [3.63, 3.8) is 0 Å². The van der Waals surface area contributed by atoms with Crippen LogP contribution in [0.15, 0.2) is 12.2 Å². The molecule has 0 aromatic heterocycles. The van der Waals surface area contributed by atoms with Crippen LogP contribution in [0.1, 0.15) is 194 Å². The predicted molar refractivity (Wildman–Crippen MR) is 208 cm³/mol. The number of carboxylic acid groups (broad SMARTS) is 1. The number of allylic oxidation sites excluding steroid dienone is 2. The van der Waals surface area contributed by atoms with Crippen LogP contribution in [0, 0.1) is 0 Å². The second kappa shape index (κ2) is 36.2. The number of phosphoric ester groups is 1. The standard InChI is InChI=1S/C40H76NO10P/c1-3-5-7-9-11-13-15-17-18-20-22-24-26-28-30-32-39(43)51-36(34-49-52(46,47)50-35-37(41)40(44)45)33-48-38(42)31-29-27-25-23-21-19-16-14-12-10-8-6-4-2/h17-18,36-37H,3-16,19-35,41H2,1-2H3,(H,44,45)(H,46,47)/b18-17+. The van der Waals surface area contributed by atoms with Crippen LogP contribution in [0.5, 0.6) is 0 Å². The van der Waals surface area contributed by atoms with E-state index in [1.165, 1.54) is 96.3 Å². The minimum Gasteiger partial charge on any atom is -0.480 e. The van der Waals surface area contributed by atoms with Crippen molar-refractivity contribution in [3.05, 3.63) is 12.2 Å². The first-order chi connectivity index (χ1) is 25.1. The van der Waals surface area contributed by atoms with Crippen molar-refractivity contribution < 1.29 is 47.5 Å². The molecule has 306 valence electrons. The molecule has 0 heterocycles. The minimum atomic E-state index is -4.71. The molecule has 0 spiro atoms. The summed E-state index contributed by atoms with van der Waals surface area (Å²) in [6.45, 7) is 2.79. The molecule has 0 bridgehead atoms. The maximum atomic E-state index is 12.6. The molecule has 0 aliphatic rings. The SMILES string of the molecule is CCCCCCCC/C=C/CCCCCCCC(=O)OC(COC(=O)CCCCCCCCCCCCCCC)COP(=O)(O)OCC(N)C(=O)O. The lowest BCUT2D eigenvalue weighted by Crippen LogP contribution is -2.34. The molecule has 0 aromatic carbocycles. The lowest BCUT2D eigenvalue weighted by atomic mass is 10.0. The van der Waals surface area contributed by atoms with Crippen LogP contribution in [0.2, 0.25) is 0 Å². The molecule has 52 heavy (non-hydrogen) atoms. The van der Waals surface area contributed by atoms with Crippen LogP contribution in [0.25, 0.3) is 0 Å². The Balaban J connectivity index is 4.39. The highest BCUT2D eigenvalue weighted by Crippen LogP contribution is 2.43. The number of ether oxygens (including phenoxy) is 2. The molecule has 4 N–H and O–H groups in total. The van der Waals surface area contributed by atoms with Crippen molar-refractivity contribution in [2.24, 2.45) is 5.73 Å². The monoisotopic (exact) mass is 762 g/mol.